The molecule has 4 atom stereocenters. The van der Waals surface area contributed by atoms with Gasteiger partial charge in [-0.15, -0.1) is 0 Å². The van der Waals surface area contributed by atoms with E-state index in [1.165, 1.54) is 12.8 Å². The molecule has 2 fully saturated rings. The number of nitrogens with zero attached hydrogens (tertiary/aromatic N) is 5. The van der Waals surface area contributed by atoms with E-state index in [0.29, 0.717) is 12.1 Å². The van der Waals surface area contributed by atoms with E-state index in [2.05, 4.69) is 95.5 Å². The van der Waals surface area contributed by atoms with E-state index in [1.54, 1.807) is 0 Å². The quantitative estimate of drug-likeness (QED) is 0.249. The van der Waals surface area contributed by atoms with Crippen molar-refractivity contribution in [2.75, 3.05) is 13.1 Å². The molecule has 2 aliphatic rings. The number of H-pyrrole nitrogens is 3. The molecule has 5 aromatic rings. The Balaban J connectivity index is 1.12. The van der Waals surface area contributed by atoms with Crippen molar-refractivity contribution in [2.45, 2.75) is 37.8 Å². The summed E-state index contributed by atoms with van der Waals surface area (Å²) in [6, 6.07) is 15.5. The van der Waals surface area contributed by atoms with Crippen LogP contribution in [0.3, 0.4) is 0 Å². The van der Waals surface area contributed by atoms with Crippen LogP contribution in [0, 0.1) is 0 Å². The Morgan fingerprint density at radius 2 is 1.27 bits per heavy atom. The first-order valence-electron chi connectivity index (χ1n) is 12.9. The summed E-state index contributed by atoms with van der Waals surface area (Å²) in [5, 5.41) is 0. The zero-order chi connectivity index (χ0) is 24.9. The maximum Gasteiger partial charge on any atom is 0.138 e. The van der Waals surface area contributed by atoms with Gasteiger partial charge in [0.2, 0.25) is 0 Å². The number of hydrogen-bond donors (Lipinski definition) is 3. The number of fused-ring (bicyclic) bond motifs is 1. The summed E-state index contributed by atoms with van der Waals surface area (Å²) in [5.74, 6) is 2.94. The Hall–Kier alpha value is -2.89. The number of aromatic amines is 3. The van der Waals surface area contributed by atoms with Gasteiger partial charge in [0.15, 0.2) is 0 Å². The van der Waals surface area contributed by atoms with Crippen LogP contribution in [0.5, 0.6) is 0 Å². The first kappa shape index (κ1) is 23.2. The lowest BCUT2D eigenvalue weighted by molar-refractivity contribution is 0.434. The average molecular weight is 529 g/mol. The Bertz CT molecular complexity index is 1550. The molecule has 2 aromatic carbocycles. The Morgan fingerprint density at radius 1 is 0.703 bits per heavy atom. The van der Waals surface area contributed by atoms with Crippen molar-refractivity contribution in [3.8, 4) is 33.9 Å². The SMILES string of the molecule is PN1CCC[C@H]1c1ncc(-c2ccc(-c3nc4ccc(-c5cnc([C@@H]6CCCN6P)[nH]5)cc4[nH]3)cc2)[nH]1. The van der Waals surface area contributed by atoms with Gasteiger partial charge in [-0.1, -0.05) is 49.1 Å². The van der Waals surface area contributed by atoms with Crippen LogP contribution in [0.25, 0.3) is 44.9 Å². The van der Waals surface area contributed by atoms with E-state index < -0.39 is 0 Å². The first-order valence-corrected chi connectivity index (χ1v) is 13.9. The number of hydrogen-bond acceptors (Lipinski definition) is 5. The molecule has 0 aliphatic carbocycles. The molecule has 0 bridgehead atoms. The molecule has 7 rings (SSSR count). The molecule has 3 N–H and O–H groups in total. The highest BCUT2D eigenvalue weighted by Gasteiger charge is 2.26. The van der Waals surface area contributed by atoms with Gasteiger partial charge >= 0.3 is 0 Å². The molecule has 3 aromatic heterocycles. The third-order valence-corrected chi connectivity index (χ3v) is 8.91. The molecular weight excluding hydrogens is 498 g/mol. The van der Waals surface area contributed by atoms with Gasteiger partial charge in [0.1, 0.15) is 17.5 Å². The zero-order valence-electron chi connectivity index (χ0n) is 20.5. The van der Waals surface area contributed by atoms with E-state index in [4.69, 9.17) is 4.98 Å². The number of nitrogens with one attached hydrogen (secondary N) is 3. The second-order valence-electron chi connectivity index (χ2n) is 10.1. The van der Waals surface area contributed by atoms with Gasteiger partial charge in [-0.25, -0.2) is 15.0 Å². The average Bonchev–Trinajstić information content (AvgIpc) is 3.74. The van der Waals surface area contributed by atoms with Crippen LogP contribution in [0.2, 0.25) is 0 Å². The van der Waals surface area contributed by atoms with Crippen molar-refractivity contribution in [2.24, 2.45) is 0 Å². The van der Waals surface area contributed by atoms with E-state index in [0.717, 1.165) is 82.5 Å². The Labute approximate surface area is 220 Å². The predicted molar refractivity (Wildman–Crippen MR) is 153 cm³/mol. The summed E-state index contributed by atoms with van der Waals surface area (Å²) in [6.45, 7) is 2.19. The molecule has 5 heterocycles. The van der Waals surface area contributed by atoms with Crippen LogP contribution in [0.1, 0.15) is 49.4 Å². The van der Waals surface area contributed by atoms with Crippen molar-refractivity contribution in [1.29, 1.82) is 0 Å². The minimum atomic E-state index is 0.348. The highest BCUT2D eigenvalue weighted by molar-refractivity contribution is 7.13. The van der Waals surface area contributed by atoms with E-state index in [1.807, 2.05) is 12.4 Å². The van der Waals surface area contributed by atoms with Gasteiger partial charge < -0.3 is 15.0 Å². The lowest BCUT2D eigenvalue weighted by Gasteiger charge is -2.16. The van der Waals surface area contributed by atoms with Crippen molar-refractivity contribution in [3.63, 3.8) is 0 Å². The molecule has 0 amide bonds. The van der Waals surface area contributed by atoms with Crippen LogP contribution in [0.15, 0.2) is 54.9 Å². The molecule has 188 valence electrons. The number of imidazole rings is 3. The molecule has 2 unspecified atom stereocenters. The van der Waals surface area contributed by atoms with Gasteiger partial charge in [-0.05, 0) is 43.4 Å². The molecule has 8 nitrogen and oxygen atoms in total. The van der Waals surface area contributed by atoms with E-state index in [-0.39, 0.29) is 0 Å². The third kappa shape index (κ3) is 4.32. The predicted octanol–water partition coefficient (Wildman–Crippen LogP) is 5.86. The standard InChI is InChI=1S/C27H30N8P2/c36-34-11-1-3-23(34)26-28-14-21(32-26)16-5-7-17(8-6-16)25-30-19-10-9-18(13-20(19)31-25)22-15-29-27(33-22)24-4-2-12-35(24)37/h5-10,13-15,23-24H,1-4,11-12,36-37H2,(H,28,32)(H,29,33)(H,30,31)/t23-,24-/m0/s1. The highest BCUT2D eigenvalue weighted by atomic mass is 31.0. The summed E-state index contributed by atoms with van der Waals surface area (Å²) in [7, 11) is 5.66. The van der Waals surface area contributed by atoms with Crippen LogP contribution >= 0.6 is 18.8 Å². The molecule has 2 saturated heterocycles. The van der Waals surface area contributed by atoms with Gasteiger partial charge in [-0.3, -0.25) is 9.34 Å². The summed E-state index contributed by atoms with van der Waals surface area (Å²) >= 11 is 0. The number of aromatic nitrogens is 6. The largest absolute Gasteiger partial charge is 0.341 e. The summed E-state index contributed by atoms with van der Waals surface area (Å²) in [5.41, 5.74) is 7.32. The maximum atomic E-state index is 4.84. The third-order valence-electron chi connectivity index (χ3n) is 7.67. The number of rotatable bonds is 5. The van der Waals surface area contributed by atoms with E-state index >= 15 is 0 Å². The van der Waals surface area contributed by atoms with Crippen LogP contribution in [-0.2, 0) is 0 Å². The van der Waals surface area contributed by atoms with Crippen molar-refractivity contribution >= 4 is 29.8 Å². The summed E-state index contributed by atoms with van der Waals surface area (Å²) < 4.78 is 4.58. The monoisotopic (exact) mass is 528 g/mol. The second kappa shape index (κ2) is 9.45. The molecule has 0 saturated carbocycles. The molecule has 2 aliphatic heterocycles. The van der Waals surface area contributed by atoms with Crippen molar-refractivity contribution in [3.05, 3.63) is 66.5 Å². The normalized spacial score (nSPS) is 20.9. The van der Waals surface area contributed by atoms with Gasteiger partial charge in [0.25, 0.3) is 0 Å². The maximum absolute atomic E-state index is 4.84. The minimum absolute atomic E-state index is 0.348. The Kier molecular flexibility index (Phi) is 5.94. The molecule has 0 spiro atoms. The lowest BCUT2D eigenvalue weighted by Crippen LogP contribution is -2.12. The van der Waals surface area contributed by atoms with Crippen molar-refractivity contribution in [1.82, 2.24) is 39.2 Å². The lowest BCUT2D eigenvalue weighted by atomic mass is 10.1. The van der Waals surface area contributed by atoms with Gasteiger partial charge in [0.05, 0.1) is 46.9 Å². The van der Waals surface area contributed by atoms with Crippen LogP contribution < -0.4 is 0 Å². The fourth-order valence-electron chi connectivity index (χ4n) is 5.59. The molecule has 0 radical (unpaired) electrons. The minimum Gasteiger partial charge on any atom is -0.341 e. The Morgan fingerprint density at radius 3 is 1.86 bits per heavy atom. The van der Waals surface area contributed by atoms with Crippen molar-refractivity contribution < 1.29 is 0 Å². The van der Waals surface area contributed by atoms with E-state index in [9.17, 15) is 0 Å². The fraction of sp³-hybridized carbons (Fsp3) is 0.296. The van der Waals surface area contributed by atoms with Gasteiger partial charge in [-0.2, -0.15) is 0 Å². The summed E-state index contributed by atoms with van der Waals surface area (Å²) in [4.78, 5) is 24.7. The number of benzene rings is 2. The topological polar surface area (TPSA) is 92.5 Å². The van der Waals surface area contributed by atoms with Crippen LogP contribution in [-0.4, -0.2) is 52.3 Å². The zero-order valence-corrected chi connectivity index (χ0v) is 22.8. The molecule has 37 heavy (non-hydrogen) atoms. The molecule has 10 heteroatoms. The van der Waals surface area contributed by atoms with Gasteiger partial charge in [0, 0.05) is 24.2 Å². The first-order chi connectivity index (χ1) is 18.1. The highest BCUT2D eigenvalue weighted by Crippen LogP contribution is 2.35. The fourth-order valence-corrected chi connectivity index (χ4v) is 6.54. The second-order valence-corrected chi connectivity index (χ2v) is 11.4. The smallest absolute Gasteiger partial charge is 0.138 e. The molecular formula is C27H30N8P2. The summed E-state index contributed by atoms with van der Waals surface area (Å²) in [6.07, 6.45) is 8.56. The van der Waals surface area contributed by atoms with Crippen LogP contribution in [0.4, 0.5) is 0 Å².